The summed E-state index contributed by atoms with van der Waals surface area (Å²) < 4.78 is 0. The first kappa shape index (κ1) is 14.3. The Balaban J connectivity index is 1.74. The van der Waals surface area contributed by atoms with E-state index in [1.54, 1.807) is 22.2 Å². The highest BCUT2D eigenvalue weighted by molar-refractivity contribution is 7.13. The topological polar surface area (TPSA) is 65.5 Å². The molecule has 0 saturated carbocycles. The Kier molecular flexibility index (Phi) is 3.61. The fraction of sp³-hybridized carbons (Fsp3) is 0.643. The average molecular weight is 308 g/mol. The SMILES string of the molecule is CNc1nc(C(=O)N2CC[C@]3(CCCN(C)C3=O)C2)cs1. The molecule has 0 bridgehead atoms. The van der Waals surface area contributed by atoms with E-state index in [4.69, 9.17) is 0 Å². The smallest absolute Gasteiger partial charge is 0.273 e. The molecule has 2 saturated heterocycles. The van der Waals surface area contributed by atoms with Crippen LogP contribution in [-0.4, -0.2) is 60.3 Å². The van der Waals surface area contributed by atoms with Crippen LogP contribution in [0.2, 0.25) is 0 Å². The number of rotatable bonds is 2. The molecule has 3 rings (SSSR count). The van der Waals surface area contributed by atoms with Gasteiger partial charge in [0.1, 0.15) is 5.69 Å². The lowest BCUT2D eigenvalue weighted by Gasteiger charge is -2.37. The number of carbonyl (C=O) groups excluding carboxylic acids is 2. The van der Waals surface area contributed by atoms with E-state index in [1.165, 1.54) is 11.3 Å². The number of thiazole rings is 1. The summed E-state index contributed by atoms with van der Waals surface area (Å²) in [5.74, 6) is 0.129. The Hall–Kier alpha value is -1.63. The van der Waals surface area contributed by atoms with E-state index in [0.29, 0.717) is 18.8 Å². The van der Waals surface area contributed by atoms with Crippen molar-refractivity contribution in [3.63, 3.8) is 0 Å². The molecular weight excluding hydrogens is 288 g/mol. The fourth-order valence-electron chi connectivity index (χ4n) is 3.34. The van der Waals surface area contributed by atoms with E-state index in [2.05, 4.69) is 10.3 Å². The Morgan fingerprint density at radius 3 is 2.95 bits per heavy atom. The molecule has 1 N–H and O–H groups in total. The van der Waals surface area contributed by atoms with E-state index in [9.17, 15) is 9.59 Å². The molecule has 0 radical (unpaired) electrons. The predicted molar refractivity (Wildman–Crippen MR) is 81.5 cm³/mol. The van der Waals surface area contributed by atoms with Crippen molar-refractivity contribution in [3.05, 3.63) is 11.1 Å². The summed E-state index contributed by atoms with van der Waals surface area (Å²) in [5.41, 5.74) is 0.114. The van der Waals surface area contributed by atoms with Crippen LogP contribution in [0.15, 0.2) is 5.38 Å². The second-order valence-corrected chi connectivity index (χ2v) is 6.73. The van der Waals surface area contributed by atoms with Crippen molar-refractivity contribution in [2.75, 3.05) is 39.0 Å². The lowest BCUT2D eigenvalue weighted by molar-refractivity contribution is -0.143. The zero-order chi connectivity index (χ0) is 15.0. The van der Waals surface area contributed by atoms with Gasteiger partial charge in [0.05, 0.1) is 5.41 Å². The molecule has 0 aromatic carbocycles. The van der Waals surface area contributed by atoms with Crippen LogP contribution in [0.25, 0.3) is 0 Å². The molecule has 1 aromatic heterocycles. The van der Waals surface area contributed by atoms with Crippen LogP contribution >= 0.6 is 11.3 Å². The van der Waals surface area contributed by atoms with Gasteiger partial charge in [-0.3, -0.25) is 9.59 Å². The van der Waals surface area contributed by atoms with Gasteiger partial charge >= 0.3 is 0 Å². The minimum Gasteiger partial charge on any atom is -0.365 e. The first-order valence-corrected chi connectivity index (χ1v) is 8.12. The van der Waals surface area contributed by atoms with Crippen molar-refractivity contribution >= 4 is 28.3 Å². The molecule has 1 aromatic rings. The van der Waals surface area contributed by atoms with E-state index in [1.807, 2.05) is 7.05 Å². The van der Waals surface area contributed by atoms with Gasteiger partial charge in [-0.1, -0.05) is 0 Å². The quantitative estimate of drug-likeness (QED) is 0.893. The van der Waals surface area contributed by atoms with Gasteiger partial charge < -0.3 is 15.1 Å². The van der Waals surface area contributed by atoms with Gasteiger partial charge in [0.2, 0.25) is 5.91 Å². The number of hydrogen-bond acceptors (Lipinski definition) is 5. The fourth-order valence-corrected chi connectivity index (χ4v) is 3.99. The molecule has 2 aliphatic heterocycles. The molecule has 2 fully saturated rings. The number of hydrogen-bond donors (Lipinski definition) is 1. The van der Waals surface area contributed by atoms with E-state index < -0.39 is 0 Å². The number of aromatic nitrogens is 1. The Labute approximate surface area is 128 Å². The lowest BCUT2D eigenvalue weighted by atomic mass is 9.78. The molecule has 2 aliphatic rings. The summed E-state index contributed by atoms with van der Waals surface area (Å²) in [7, 11) is 3.64. The van der Waals surface area contributed by atoms with Gasteiger partial charge in [0.25, 0.3) is 5.91 Å². The third-order valence-electron chi connectivity index (χ3n) is 4.53. The monoisotopic (exact) mass is 308 g/mol. The van der Waals surface area contributed by atoms with Crippen molar-refractivity contribution in [1.29, 1.82) is 0 Å². The summed E-state index contributed by atoms with van der Waals surface area (Å²) >= 11 is 1.42. The molecule has 114 valence electrons. The lowest BCUT2D eigenvalue weighted by Crippen LogP contribution is -2.48. The van der Waals surface area contributed by atoms with Crippen LogP contribution in [0, 0.1) is 5.41 Å². The van der Waals surface area contributed by atoms with Crippen LogP contribution in [-0.2, 0) is 4.79 Å². The molecule has 0 unspecified atom stereocenters. The van der Waals surface area contributed by atoms with Crippen molar-refractivity contribution in [3.8, 4) is 0 Å². The number of nitrogens with one attached hydrogen (secondary N) is 1. The zero-order valence-electron chi connectivity index (χ0n) is 12.4. The summed E-state index contributed by atoms with van der Waals surface area (Å²) in [6, 6.07) is 0. The minimum atomic E-state index is -0.357. The van der Waals surface area contributed by atoms with Crippen LogP contribution in [0.5, 0.6) is 0 Å². The molecule has 1 atom stereocenters. The van der Waals surface area contributed by atoms with Gasteiger partial charge in [-0.25, -0.2) is 4.98 Å². The number of likely N-dealkylation sites (tertiary alicyclic amines) is 2. The van der Waals surface area contributed by atoms with Gasteiger partial charge in [0, 0.05) is 39.1 Å². The average Bonchev–Trinajstić information content (AvgIpc) is 3.12. The Morgan fingerprint density at radius 1 is 1.43 bits per heavy atom. The highest BCUT2D eigenvalue weighted by Crippen LogP contribution is 2.40. The molecular formula is C14H20N4O2S. The van der Waals surface area contributed by atoms with E-state index in [-0.39, 0.29) is 17.2 Å². The maximum atomic E-state index is 12.5. The summed E-state index contributed by atoms with van der Waals surface area (Å²) in [4.78, 5) is 32.8. The Morgan fingerprint density at radius 2 is 2.24 bits per heavy atom. The molecule has 21 heavy (non-hydrogen) atoms. The van der Waals surface area contributed by atoms with Crippen LogP contribution < -0.4 is 5.32 Å². The first-order chi connectivity index (χ1) is 10.1. The van der Waals surface area contributed by atoms with Crippen molar-refractivity contribution in [2.45, 2.75) is 19.3 Å². The number of amides is 2. The zero-order valence-corrected chi connectivity index (χ0v) is 13.2. The standard InChI is InChI=1S/C14H20N4O2S/c1-15-13-16-10(8-21-13)11(19)18-7-5-14(9-18)4-3-6-17(2)12(14)20/h8H,3-7,9H2,1-2H3,(H,15,16)/t14-/m1/s1. The molecule has 2 amide bonds. The van der Waals surface area contributed by atoms with Gasteiger partial charge in [-0.05, 0) is 19.3 Å². The van der Waals surface area contributed by atoms with Gasteiger partial charge in [-0.15, -0.1) is 11.3 Å². The predicted octanol–water partition coefficient (Wildman–Crippen LogP) is 1.27. The number of carbonyl (C=O) groups is 2. The first-order valence-electron chi connectivity index (χ1n) is 7.24. The van der Waals surface area contributed by atoms with Crippen LogP contribution in [0.3, 0.4) is 0 Å². The largest absolute Gasteiger partial charge is 0.365 e. The normalized spacial score (nSPS) is 25.7. The highest BCUT2D eigenvalue weighted by Gasteiger charge is 2.48. The van der Waals surface area contributed by atoms with Gasteiger partial charge in [-0.2, -0.15) is 0 Å². The molecule has 0 aliphatic carbocycles. The van der Waals surface area contributed by atoms with Crippen molar-refractivity contribution < 1.29 is 9.59 Å². The van der Waals surface area contributed by atoms with Crippen molar-refractivity contribution in [1.82, 2.24) is 14.8 Å². The molecule has 1 spiro atoms. The second-order valence-electron chi connectivity index (χ2n) is 5.88. The second kappa shape index (κ2) is 5.29. The maximum Gasteiger partial charge on any atom is 0.273 e. The van der Waals surface area contributed by atoms with E-state index in [0.717, 1.165) is 30.9 Å². The van der Waals surface area contributed by atoms with Gasteiger partial charge in [0.15, 0.2) is 5.13 Å². The molecule has 7 heteroatoms. The minimum absolute atomic E-state index is 0.0642. The molecule has 3 heterocycles. The van der Waals surface area contributed by atoms with E-state index >= 15 is 0 Å². The number of piperidine rings is 1. The van der Waals surface area contributed by atoms with Crippen LogP contribution in [0.1, 0.15) is 29.8 Å². The number of nitrogens with zero attached hydrogens (tertiary/aromatic N) is 3. The number of anilines is 1. The highest BCUT2D eigenvalue weighted by atomic mass is 32.1. The molecule has 6 nitrogen and oxygen atoms in total. The summed E-state index contributed by atoms with van der Waals surface area (Å²) in [5, 5.41) is 5.45. The third-order valence-corrected chi connectivity index (χ3v) is 5.39. The Bertz CT molecular complexity index is 573. The van der Waals surface area contributed by atoms with Crippen molar-refractivity contribution in [2.24, 2.45) is 5.41 Å². The summed E-state index contributed by atoms with van der Waals surface area (Å²) in [6.07, 6.45) is 2.68. The maximum absolute atomic E-state index is 12.5. The summed E-state index contributed by atoms with van der Waals surface area (Å²) in [6.45, 7) is 2.00. The van der Waals surface area contributed by atoms with Crippen LogP contribution in [0.4, 0.5) is 5.13 Å². The third kappa shape index (κ3) is 2.39.